The fraction of sp³-hybridized carbons (Fsp3) is 0.167. The van der Waals surface area contributed by atoms with Gasteiger partial charge < -0.3 is 5.73 Å². The van der Waals surface area contributed by atoms with Crippen LogP contribution in [0.3, 0.4) is 0 Å². The van der Waals surface area contributed by atoms with E-state index in [4.69, 9.17) is 5.73 Å². The fourth-order valence-electron chi connectivity index (χ4n) is 1.59. The second kappa shape index (κ2) is 4.71. The molecule has 0 aliphatic heterocycles. The maximum Gasteiger partial charge on any atom is 0.170 e. The van der Waals surface area contributed by atoms with Crippen molar-refractivity contribution >= 4 is 27.4 Å². The number of Topliss-reactive ketones (excluding diaryl/α,β-unsaturated/α-hetero) is 1. The quantitative estimate of drug-likeness (QED) is 0.697. The summed E-state index contributed by atoms with van der Waals surface area (Å²) < 4.78 is 2.52. The molecule has 5 heteroatoms. The van der Waals surface area contributed by atoms with Crippen LogP contribution in [0.25, 0.3) is 0 Å². The first kappa shape index (κ1) is 11.9. The molecule has 17 heavy (non-hydrogen) atoms. The number of nitrogens with zero attached hydrogens (tertiary/aromatic N) is 2. The molecule has 2 aromatic rings. The van der Waals surface area contributed by atoms with Gasteiger partial charge in [0, 0.05) is 29.0 Å². The molecular weight excluding hydrogens is 282 g/mol. The Kier molecular flexibility index (Phi) is 3.28. The average Bonchev–Trinajstić information content (AvgIpc) is 2.67. The predicted octanol–water partition coefficient (Wildman–Crippen LogP) is 2.19. The van der Waals surface area contributed by atoms with Crippen LogP contribution in [-0.2, 0) is 13.5 Å². The highest BCUT2D eigenvalue weighted by Crippen LogP contribution is 2.20. The minimum absolute atomic E-state index is 0.0255. The first-order valence-corrected chi connectivity index (χ1v) is 5.92. The maximum atomic E-state index is 12.0. The number of carbonyl (C=O) groups excluding carboxylic acids is 1. The molecule has 1 heterocycles. The van der Waals surface area contributed by atoms with Gasteiger partial charge in [0.15, 0.2) is 5.78 Å². The van der Waals surface area contributed by atoms with Gasteiger partial charge in [-0.1, -0.05) is 15.9 Å². The number of benzene rings is 1. The van der Waals surface area contributed by atoms with Crippen molar-refractivity contribution in [3.8, 4) is 0 Å². The number of hydrogen-bond acceptors (Lipinski definition) is 3. The zero-order valence-corrected chi connectivity index (χ0v) is 10.9. The highest BCUT2D eigenvalue weighted by Gasteiger charge is 2.12. The Bertz CT molecular complexity index is 563. The van der Waals surface area contributed by atoms with E-state index < -0.39 is 0 Å². The van der Waals surface area contributed by atoms with Crippen LogP contribution in [0, 0.1) is 0 Å². The van der Waals surface area contributed by atoms with E-state index in [0.29, 0.717) is 11.3 Å². The molecule has 0 unspecified atom stereocenters. The summed E-state index contributed by atoms with van der Waals surface area (Å²) in [4.78, 5) is 12.0. The molecule has 1 aromatic heterocycles. The van der Waals surface area contributed by atoms with Crippen molar-refractivity contribution in [1.82, 2.24) is 9.78 Å². The zero-order valence-electron chi connectivity index (χ0n) is 9.35. The molecule has 0 spiro atoms. The van der Waals surface area contributed by atoms with E-state index in [-0.39, 0.29) is 12.2 Å². The molecule has 2 rings (SSSR count). The lowest BCUT2D eigenvalue weighted by Gasteiger charge is -2.04. The van der Waals surface area contributed by atoms with Gasteiger partial charge in [-0.3, -0.25) is 9.48 Å². The summed E-state index contributed by atoms with van der Waals surface area (Å²) in [6.07, 6.45) is 2.08. The molecule has 0 radical (unpaired) electrons. The summed E-state index contributed by atoms with van der Waals surface area (Å²) in [6, 6.07) is 7.09. The molecule has 4 nitrogen and oxygen atoms in total. The smallest absolute Gasteiger partial charge is 0.170 e. The number of nitrogen functional groups attached to an aromatic ring is 1. The van der Waals surface area contributed by atoms with E-state index in [2.05, 4.69) is 21.0 Å². The SMILES string of the molecule is Cn1ccc(CC(=O)c2cc(Br)ccc2N)n1. The van der Waals surface area contributed by atoms with Gasteiger partial charge in [0.1, 0.15) is 0 Å². The van der Waals surface area contributed by atoms with E-state index in [1.54, 1.807) is 16.8 Å². The van der Waals surface area contributed by atoms with E-state index in [0.717, 1.165) is 10.2 Å². The van der Waals surface area contributed by atoms with Crippen molar-refractivity contribution in [2.75, 3.05) is 5.73 Å². The molecule has 0 aliphatic carbocycles. The molecular formula is C12H12BrN3O. The third-order valence-corrected chi connectivity index (χ3v) is 2.92. The second-order valence-electron chi connectivity index (χ2n) is 3.81. The third kappa shape index (κ3) is 2.74. The Balaban J connectivity index is 2.22. The maximum absolute atomic E-state index is 12.0. The number of anilines is 1. The van der Waals surface area contributed by atoms with Gasteiger partial charge in [0.05, 0.1) is 12.1 Å². The number of hydrogen-bond donors (Lipinski definition) is 1. The van der Waals surface area contributed by atoms with Gasteiger partial charge in [-0.15, -0.1) is 0 Å². The minimum Gasteiger partial charge on any atom is -0.398 e. The van der Waals surface area contributed by atoms with Gasteiger partial charge in [-0.2, -0.15) is 5.10 Å². The zero-order chi connectivity index (χ0) is 12.4. The second-order valence-corrected chi connectivity index (χ2v) is 4.73. The lowest BCUT2D eigenvalue weighted by Crippen LogP contribution is -2.07. The molecule has 88 valence electrons. The predicted molar refractivity (Wildman–Crippen MR) is 69.8 cm³/mol. The van der Waals surface area contributed by atoms with Crippen LogP contribution >= 0.6 is 15.9 Å². The minimum atomic E-state index is -0.0255. The lowest BCUT2D eigenvalue weighted by molar-refractivity contribution is 0.0992. The number of nitrogens with two attached hydrogens (primary N) is 1. The van der Waals surface area contributed by atoms with Crippen LogP contribution in [-0.4, -0.2) is 15.6 Å². The van der Waals surface area contributed by atoms with E-state index >= 15 is 0 Å². The molecule has 0 aliphatic rings. The molecule has 0 amide bonds. The van der Waals surface area contributed by atoms with Crippen molar-refractivity contribution in [1.29, 1.82) is 0 Å². The van der Waals surface area contributed by atoms with Crippen LogP contribution < -0.4 is 5.73 Å². The highest BCUT2D eigenvalue weighted by molar-refractivity contribution is 9.10. The number of aromatic nitrogens is 2. The largest absolute Gasteiger partial charge is 0.398 e. The molecule has 0 saturated carbocycles. The first-order valence-electron chi connectivity index (χ1n) is 5.13. The monoisotopic (exact) mass is 293 g/mol. The van der Waals surface area contributed by atoms with Crippen molar-refractivity contribution in [3.05, 3.63) is 46.2 Å². The Morgan fingerprint density at radius 2 is 2.24 bits per heavy atom. The van der Waals surface area contributed by atoms with Gasteiger partial charge in [-0.25, -0.2) is 0 Å². The first-order chi connectivity index (χ1) is 8.06. The molecule has 0 atom stereocenters. The molecule has 2 N–H and O–H groups in total. The standard InChI is InChI=1S/C12H12BrN3O/c1-16-5-4-9(15-16)7-12(17)10-6-8(13)2-3-11(10)14/h2-6H,7,14H2,1H3. The summed E-state index contributed by atoms with van der Waals surface area (Å²) in [7, 11) is 1.82. The number of aryl methyl sites for hydroxylation is 1. The molecule has 0 saturated heterocycles. The van der Waals surface area contributed by atoms with Crippen molar-refractivity contribution in [2.45, 2.75) is 6.42 Å². The topological polar surface area (TPSA) is 60.9 Å². The summed E-state index contributed by atoms with van der Waals surface area (Å²) in [5.41, 5.74) is 7.56. The molecule has 1 aromatic carbocycles. The highest BCUT2D eigenvalue weighted by atomic mass is 79.9. The Labute approximate surface area is 108 Å². The van der Waals surface area contributed by atoms with Crippen LogP contribution in [0.1, 0.15) is 16.1 Å². The molecule has 0 bridgehead atoms. The normalized spacial score (nSPS) is 10.5. The van der Waals surface area contributed by atoms with Gasteiger partial charge in [0.25, 0.3) is 0 Å². The van der Waals surface area contributed by atoms with Gasteiger partial charge >= 0.3 is 0 Å². The third-order valence-electron chi connectivity index (χ3n) is 2.43. The van der Waals surface area contributed by atoms with Crippen LogP contribution in [0.5, 0.6) is 0 Å². The summed E-state index contributed by atoms with van der Waals surface area (Å²) >= 11 is 3.33. The molecule has 0 fully saturated rings. The van der Waals surface area contributed by atoms with Crippen LogP contribution in [0.2, 0.25) is 0 Å². The Hall–Kier alpha value is -1.62. The Morgan fingerprint density at radius 3 is 2.88 bits per heavy atom. The average molecular weight is 294 g/mol. The van der Waals surface area contributed by atoms with Crippen molar-refractivity contribution < 1.29 is 4.79 Å². The number of ketones is 1. The summed E-state index contributed by atoms with van der Waals surface area (Å²) in [5, 5.41) is 4.17. The van der Waals surface area contributed by atoms with Crippen LogP contribution in [0.4, 0.5) is 5.69 Å². The Morgan fingerprint density at radius 1 is 1.47 bits per heavy atom. The summed E-state index contributed by atoms with van der Waals surface area (Å²) in [6.45, 7) is 0. The van der Waals surface area contributed by atoms with E-state index in [9.17, 15) is 4.79 Å². The van der Waals surface area contributed by atoms with Gasteiger partial charge in [0.2, 0.25) is 0 Å². The van der Waals surface area contributed by atoms with E-state index in [1.165, 1.54) is 0 Å². The number of carbonyl (C=O) groups is 1. The number of rotatable bonds is 3. The van der Waals surface area contributed by atoms with E-state index in [1.807, 2.05) is 25.4 Å². The van der Waals surface area contributed by atoms with Crippen molar-refractivity contribution in [2.24, 2.45) is 7.05 Å². The van der Waals surface area contributed by atoms with Crippen molar-refractivity contribution in [3.63, 3.8) is 0 Å². The lowest BCUT2D eigenvalue weighted by atomic mass is 10.1. The van der Waals surface area contributed by atoms with Crippen LogP contribution in [0.15, 0.2) is 34.9 Å². The fourth-order valence-corrected chi connectivity index (χ4v) is 1.95. The number of halogens is 1. The summed E-state index contributed by atoms with van der Waals surface area (Å²) in [5.74, 6) is -0.0255. The van der Waals surface area contributed by atoms with Gasteiger partial charge in [-0.05, 0) is 24.3 Å².